The molecule has 0 bridgehead atoms. The molecule has 13 heteroatoms. The smallest absolute Gasteiger partial charge is 0.322 e. The second kappa shape index (κ2) is 11.5. The van der Waals surface area contributed by atoms with Crippen LogP contribution in [-0.2, 0) is 32.8 Å². The molecule has 0 aliphatic carbocycles. The number of alkyl halides is 3. The fourth-order valence-electron chi connectivity index (χ4n) is 3.56. The summed E-state index contributed by atoms with van der Waals surface area (Å²) in [7, 11) is -8.14. The van der Waals surface area contributed by atoms with E-state index in [9.17, 15) is 34.8 Å². The van der Waals surface area contributed by atoms with Crippen LogP contribution in [0.4, 0.5) is 24.5 Å². The highest BCUT2D eigenvalue weighted by molar-refractivity contribution is 7.92. The maximum absolute atomic E-state index is 12.9. The Morgan fingerprint density at radius 3 is 2.02 bits per heavy atom. The van der Waals surface area contributed by atoms with Crippen LogP contribution in [0.3, 0.4) is 0 Å². The Balaban J connectivity index is 1.43. The first-order valence-corrected chi connectivity index (χ1v) is 14.6. The van der Waals surface area contributed by atoms with Gasteiger partial charge in [-0.3, -0.25) is 9.52 Å². The fraction of sp³-hybridized carbons (Fsp3) is 0.0741. The van der Waals surface area contributed by atoms with Crippen molar-refractivity contribution in [1.82, 2.24) is 4.72 Å². The van der Waals surface area contributed by atoms with Crippen LogP contribution in [0.2, 0.25) is 0 Å². The highest BCUT2D eigenvalue weighted by Crippen LogP contribution is 2.31. The van der Waals surface area contributed by atoms with E-state index >= 15 is 0 Å². The summed E-state index contributed by atoms with van der Waals surface area (Å²) in [6, 6.07) is 23.0. The Bertz CT molecular complexity index is 1730. The summed E-state index contributed by atoms with van der Waals surface area (Å²) in [5, 5.41) is 2.55. The van der Waals surface area contributed by atoms with Crippen LogP contribution >= 0.6 is 0 Å². The third-order valence-corrected chi connectivity index (χ3v) is 8.38. The second-order valence-corrected chi connectivity index (χ2v) is 11.9. The number of carbonyl (C=O) groups is 1. The summed E-state index contributed by atoms with van der Waals surface area (Å²) in [4.78, 5) is 12.4. The van der Waals surface area contributed by atoms with E-state index in [1.807, 2.05) is 6.07 Å². The van der Waals surface area contributed by atoms with Gasteiger partial charge in [-0.2, -0.15) is 13.2 Å². The maximum atomic E-state index is 12.9. The predicted octanol–water partition coefficient (Wildman–Crippen LogP) is 5.24. The van der Waals surface area contributed by atoms with E-state index in [1.54, 1.807) is 24.3 Å². The predicted molar refractivity (Wildman–Crippen MR) is 144 cm³/mol. The lowest BCUT2D eigenvalue weighted by molar-refractivity contribution is -0.137. The van der Waals surface area contributed by atoms with Crippen molar-refractivity contribution < 1.29 is 34.8 Å². The first-order valence-electron chi connectivity index (χ1n) is 11.6. The topological polar surface area (TPSA) is 121 Å². The summed E-state index contributed by atoms with van der Waals surface area (Å²) < 4.78 is 94.1. The van der Waals surface area contributed by atoms with E-state index in [0.717, 1.165) is 17.7 Å². The van der Waals surface area contributed by atoms with Crippen molar-refractivity contribution in [2.75, 3.05) is 10.0 Å². The Hall–Kier alpha value is -4.20. The van der Waals surface area contributed by atoms with Crippen molar-refractivity contribution in [2.24, 2.45) is 0 Å². The van der Waals surface area contributed by atoms with Gasteiger partial charge in [0.2, 0.25) is 10.0 Å². The van der Waals surface area contributed by atoms with Crippen LogP contribution < -0.4 is 14.8 Å². The van der Waals surface area contributed by atoms with E-state index in [2.05, 4.69) is 14.8 Å². The molecule has 0 saturated carbocycles. The molecule has 4 aromatic rings. The van der Waals surface area contributed by atoms with E-state index in [0.29, 0.717) is 6.07 Å². The third kappa shape index (κ3) is 7.25. The Morgan fingerprint density at radius 1 is 0.675 bits per heavy atom. The Labute approximate surface area is 229 Å². The van der Waals surface area contributed by atoms with Crippen molar-refractivity contribution in [3.63, 3.8) is 0 Å². The van der Waals surface area contributed by atoms with Gasteiger partial charge in [0.1, 0.15) is 0 Å². The van der Waals surface area contributed by atoms with Crippen molar-refractivity contribution in [2.45, 2.75) is 22.5 Å². The van der Waals surface area contributed by atoms with Crippen LogP contribution in [0.5, 0.6) is 0 Å². The average Bonchev–Trinajstić information content (AvgIpc) is 2.92. The highest BCUT2D eigenvalue weighted by atomic mass is 32.2. The summed E-state index contributed by atoms with van der Waals surface area (Å²) in [5.41, 5.74) is -0.255. The summed E-state index contributed by atoms with van der Waals surface area (Å²) in [6.07, 6.45) is -4.64. The zero-order valence-corrected chi connectivity index (χ0v) is 22.1. The second-order valence-electron chi connectivity index (χ2n) is 8.50. The van der Waals surface area contributed by atoms with Crippen LogP contribution in [0, 0.1) is 0 Å². The van der Waals surface area contributed by atoms with Crippen molar-refractivity contribution in [1.29, 1.82) is 0 Å². The molecular weight excluding hydrogens is 567 g/mol. The molecule has 208 valence electrons. The lowest BCUT2D eigenvalue weighted by Gasteiger charge is -2.12. The Kier molecular flexibility index (Phi) is 8.28. The minimum atomic E-state index is -4.64. The van der Waals surface area contributed by atoms with Gasteiger partial charge in [0.05, 0.1) is 15.4 Å². The molecule has 0 fully saturated rings. The van der Waals surface area contributed by atoms with Gasteiger partial charge in [-0.25, -0.2) is 21.6 Å². The number of halogens is 3. The summed E-state index contributed by atoms with van der Waals surface area (Å²) in [6.45, 7) is 0.0669. The summed E-state index contributed by atoms with van der Waals surface area (Å²) >= 11 is 0. The van der Waals surface area contributed by atoms with Gasteiger partial charge in [0.15, 0.2) is 0 Å². The Morgan fingerprint density at radius 2 is 1.35 bits per heavy atom. The van der Waals surface area contributed by atoms with E-state index in [-0.39, 0.29) is 33.3 Å². The quantitative estimate of drug-likeness (QED) is 0.247. The molecule has 3 N–H and O–H groups in total. The number of hydrogen-bond acceptors (Lipinski definition) is 5. The lowest BCUT2D eigenvalue weighted by atomic mass is 10.2. The molecule has 0 aliphatic rings. The van der Waals surface area contributed by atoms with Gasteiger partial charge in [0, 0.05) is 23.5 Å². The molecule has 0 atom stereocenters. The number of benzene rings is 4. The SMILES string of the molecule is O=C(Nc1ccc(S(=O)(=O)Nc2cccc(C(F)(F)F)c2)cc1)c1cccc(S(=O)(=O)NCc2ccccc2)c1. The highest BCUT2D eigenvalue weighted by Gasteiger charge is 2.30. The average molecular weight is 590 g/mol. The molecule has 0 saturated heterocycles. The normalized spacial score (nSPS) is 12.1. The molecule has 0 aliphatic heterocycles. The minimum absolute atomic E-state index is 0.0468. The molecule has 1 amide bonds. The third-order valence-electron chi connectivity index (χ3n) is 5.58. The van der Waals surface area contributed by atoms with Gasteiger partial charge in [0.25, 0.3) is 15.9 Å². The van der Waals surface area contributed by atoms with Crippen molar-refractivity contribution >= 4 is 37.3 Å². The van der Waals surface area contributed by atoms with Gasteiger partial charge < -0.3 is 5.32 Å². The van der Waals surface area contributed by atoms with E-state index in [1.165, 1.54) is 54.6 Å². The number of rotatable bonds is 9. The number of nitrogens with one attached hydrogen (secondary N) is 3. The van der Waals surface area contributed by atoms with Gasteiger partial charge in [-0.05, 0) is 66.2 Å². The number of carbonyl (C=O) groups excluding carboxylic acids is 1. The van der Waals surface area contributed by atoms with Gasteiger partial charge in [-0.1, -0.05) is 42.5 Å². The largest absolute Gasteiger partial charge is 0.416 e. The zero-order chi connectivity index (χ0) is 29.0. The van der Waals surface area contributed by atoms with Gasteiger partial charge in [-0.15, -0.1) is 0 Å². The molecule has 0 spiro atoms. The first-order chi connectivity index (χ1) is 18.8. The first kappa shape index (κ1) is 28.8. The standard InChI is InChI=1S/C27H22F3N3O5S2/c28-27(29,30)21-9-5-10-23(17-21)33-40(37,38)24-14-12-22(13-15-24)32-26(34)20-8-4-11-25(16-20)39(35,36)31-18-19-6-2-1-3-7-19/h1-17,31,33H,18H2,(H,32,34). The molecule has 40 heavy (non-hydrogen) atoms. The number of anilines is 2. The number of hydrogen-bond donors (Lipinski definition) is 3. The molecule has 4 aromatic carbocycles. The number of amides is 1. The monoisotopic (exact) mass is 589 g/mol. The van der Waals surface area contributed by atoms with E-state index < -0.39 is 37.7 Å². The van der Waals surface area contributed by atoms with E-state index in [4.69, 9.17) is 0 Å². The molecular formula is C27H22F3N3O5S2. The summed E-state index contributed by atoms with van der Waals surface area (Å²) in [5.74, 6) is -0.641. The molecule has 8 nitrogen and oxygen atoms in total. The fourth-order valence-corrected chi connectivity index (χ4v) is 5.67. The van der Waals surface area contributed by atoms with Crippen molar-refractivity contribution in [3.05, 3.63) is 120 Å². The molecule has 0 unspecified atom stereocenters. The van der Waals surface area contributed by atoms with Crippen LogP contribution in [0.25, 0.3) is 0 Å². The van der Waals surface area contributed by atoms with Crippen molar-refractivity contribution in [3.8, 4) is 0 Å². The molecule has 0 radical (unpaired) electrons. The molecule has 4 rings (SSSR count). The van der Waals surface area contributed by atoms with Crippen LogP contribution in [-0.4, -0.2) is 22.7 Å². The van der Waals surface area contributed by atoms with Crippen LogP contribution in [0.1, 0.15) is 21.5 Å². The molecule has 0 heterocycles. The number of sulfonamides is 2. The minimum Gasteiger partial charge on any atom is -0.322 e. The lowest BCUT2D eigenvalue weighted by Crippen LogP contribution is -2.23. The van der Waals surface area contributed by atoms with Crippen LogP contribution in [0.15, 0.2) is 113 Å². The zero-order valence-electron chi connectivity index (χ0n) is 20.5. The molecule has 0 aromatic heterocycles. The maximum Gasteiger partial charge on any atom is 0.416 e. The van der Waals surface area contributed by atoms with Gasteiger partial charge >= 0.3 is 6.18 Å².